The van der Waals surface area contributed by atoms with Crippen LogP contribution in [0, 0.1) is 0 Å². The smallest absolute Gasteiger partial charge is 0.416 e. The second-order valence-corrected chi connectivity index (χ2v) is 8.78. The fourth-order valence-corrected chi connectivity index (χ4v) is 3.98. The van der Waals surface area contributed by atoms with E-state index in [-0.39, 0.29) is 6.03 Å². The monoisotopic (exact) mass is 529 g/mol. The van der Waals surface area contributed by atoms with Gasteiger partial charge in [0.05, 0.1) is 19.3 Å². The van der Waals surface area contributed by atoms with Gasteiger partial charge in [-0.2, -0.15) is 13.2 Å². The summed E-state index contributed by atoms with van der Waals surface area (Å²) in [5.41, 5.74) is 0.0141. The van der Waals surface area contributed by atoms with Crippen LogP contribution >= 0.6 is 0 Å². The number of carbonyl (C=O) groups is 1. The van der Waals surface area contributed by atoms with Gasteiger partial charge in [0.15, 0.2) is 0 Å². The Bertz CT molecular complexity index is 1160. The Morgan fingerprint density at radius 3 is 1.95 bits per heavy atom. The number of anilines is 1. The van der Waals surface area contributed by atoms with Gasteiger partial charge in [0, 0.05) is 38.4 Å². The Balaban J connectivity index is 1.12. The lowest BCUT2D eigenvalue weighted by atomic mass is 10.2. The van der Waals surface area contributed by atoms with Gasteiger partial charge in [0.2, 0.25) is 0 Å². The van der Waals surface area contributed by atoms with Crippen LogP contribution in [0.4, 0.5) is 23.7 Å². The molecular weight excluding hydrogens is 499 g/mol. The van der Waals surface area contributed by atoms with Crippen LogP contribution in [0.2, 0.25) is 0 Å². The lowest BCUT2D eigenvalue weighted by Crippen LogP contribution is -2.50. The van der Waals surface area contributed by atoms with Crippen LogP contribution in [0.1, 0.15) is 12.0 Å². The number of urea groups is 1. The number of rotatable bonds is 9. The van der Waals surface area contributed by atoms with Crippen LogP contribution in [0.3, 0.4) is 0 Å². The zero-order chi connectivity index (χ0) is 27.0. The van der Waals surface area contributed by atoms with E-state index in [1.54, 1.807) is 43.5 Å². The van der Waals surface area contributed by atoms with Crippen molar-refractivity contribution in [1.29, 1.82) is 0 Å². The summed E-state index contributed by atoms with van der Waals surface area (Å²) in [6, 6.07) is 18.6. The number of carbonyl (C=O) groups excluding carboxylic acids is 1. The summed E-state index contributed by atoms with van der Waals surface area (Å²) in [7, 11) is 1.60. The summed E-state index contributed by atoms with van der Waals surface area (Å²) in [5, 5.41) is 2.92. The van der Waals surface area contributed by atoms with E-state index < -0.39 is 11.7 Å². The molecule has 1 aliphatic heterocycles. The van der Waals surface area contributed by atoms with E-state index >= 15 is 0 Å². The number of alkyl halides is 3. The minimum atomic E-state index is -4.37. The first kappa shape index (κ1) is 27.1. The number of hydrogen-bond donors (Lipinski definition) is 1. The highest BCUT2D eigenvalue weighted by Gasteiger charge is 2.30. The maximum Gasteiger partial charge on any atom is 0.416 e. The SMILES string of the molecule is COc1ccc(NC(=O)N2CCN(CCCOc3ccc(Oc4ccc(C(F)(F)F)cc4)cc3)CC2)cc1. The highest BCUT2D eigenvalue weighted by molar-refractivity contribution is 5.89. The van der Waals surface area contributed by atoms with Gasteiger partial charge in [-0.05, 0) is 79.2 Å². The number of amides is 2. The molecule has 1 aliphatic rings. The largest absolute Gasteiger partial charge is 0.497 e. The van der Waals surface area contributed by atoms with E-state index in [1.807, 2.05) is 17.0 Å². The lowest BCUT2D eigenvalue weighted by molar-refractivity contribution is -0.137. The van der Waals surface area contributed by atoms with Crippen LogP contribution in [-0.4, -0.2) is 62.3 Å². The van der Waals surface area contributed by atoms with Crippen LogP contribution in [0.5, 0.6) is 23.0 Å². The number of halogens is 3. The molecule has 0 spiro atoms. The van der Waals surface area contributed by atoms with Crippen LogP contribution in [0.25, 0.3) is 0 Å². The van der Waals surface area contributed by atoms with Crippen molar-refractivity contribution in [2.45, 2.75) is 12.6 Å². The molecule has 1 heterocycles. The van der Waals surface area contributed by atoms with Crippen molar-refractivity contribution in [3.63, 3.8) is 0 Å². The maximum atomic E-state index is 12.7. The van der Waals surface area contributed by atoms with Crippen molar-refractivity contribution in [3.8, 4) is 23.0 Å². The highest BCUT2D eigenvalue weighted by Crippen LogP contribution is 2.31. The van der Waals surface area contributed by atoms with E-state index in [4.69, 9.17) is 14.2 Å². The van der Waals surface area contributed by atoms with Gasteiger partial charge in [-0.3, -0.25) is 4.90 Å². The van der Waals surface area contributed by atoms with E-state index in [0.29, 0.717) is 36.9 Å². The Morgan fingerprint density at radius 2 is 1.37 bits per heavy atom. The summed E-state index contributed by atoms with van der Waals surface area (Å²) in [6.45, 7) is 4.31. The molecule has 0 unspecified atom stereocenters. The minimum absolute atomic E-state index is 0.108. The molecule has 2 amide bonds. The summed E-state index contributed by atoms with van der Waals surface area (Å²) < 4.78 is 54.6. The fraction of sp³-hybridized carbons (Fsp3) is 0.321. The number of hydrogen-bond acceptors (Lipinski definition) is 5. The zero-order valence-corrected chi connectivity index (χ0v) is 21.0. The van der Waals surface area contributed by atoms with Gasteiger partial charge >= 0.3 is 12.2 Å². The van der Waals surface area contributed by atoms with Crippen molar-refractivity contribution in [2.24, 2.45) is 0 Å². The van der Waals surface area contributed by atoms with Crippen molar-refractivity contribution >= 4 is 11.7 Å². The highest BCUT2D eigenvalue weighted by atomic mass is 19.4. The van der Waals surface area contributed by atoms with Crippen LogP contribution in [-0.2, 0) is 6.18 Å². The predicted octanol–water partition coefficient (Wildman–Crippen LogP) is 6.12. The standard InChI is InChI=1S/C28H30F3N3O4/c1-36-23-9-5-22(6-10-23)32-27(35)34-18-16-33(17-19-34)15-2-20-37-24-11-13-26(14-12-24)38-25-7-3-21(4-8-25)28(29,30)31/h3-14H,2,15-20H2,1H3,(H,32,35). The molecule has 0 bridgehead atoms. The number of nitrogens with one attached hydrogen (secondary N) is 1. The third-order valence-electron chi connectivity index (χ3n) is 6.13. The lowest BCUT2D eigenvalue weighted by Gasteiger charge is -2.34. The molecule has 1 fully saturated rings. The molecule has 202 valence electrons. The Labute approximate surface area is 219 Å². The summed E-state index contributed by atoms with van der Waals surface area (Å²) in [6.07, 6.45) is -3.54. The second-order valence-electron chi connectivity index (χ2n) is 8.78. The molecule has 10 heteroatoms. The van der Waals surface area contributed by atoms with E-state index in [9.17, 15) is 18.0 Å². The normalized spacial score (nSPS) is 14.2. The van der Waals surface area contributed by atoms with Crippen molar-refractivity contribution in [3.05, 3.63) is 78.4 Å². The van der Waals surface area contributed by atoms with E-state index in [0.717, 1.165) is 49.6 Å². The number of piperazine rings is 1. The average molecular weight is 530 g/mol. The fourth-order valence-electron chi connectivity index (χ4n) is 3.98. The van der Waals surface area contributed by atoms with E-state index in [1.165, 1.54) is 12.1 Å². The first-order chi connectivity index (χ1) is 18.3. The molecule has 4 rings (SSSR count). The molecule has 1 saturated heterocycles. The van der Waals surface area contributed by atoms with Crippen LogP contribution < -0.4 is 19.5 Å². The molecule has 0 saturated carbocycles. The first-order valence-electron chi connectivity index (χ1n) is 12.3. The number of ether oxygens (including phenoxy) is 3. The molecule has 0 aliphatic carbocycles. The zero-order valence-electron chi connectivity index (χ0n) is 21.0. The molecule has 0 aromatic heterocycles. The average Bonchev–Trinajstić information content (AvgIpc) is 2.92. The van der Waals surface area contributed by atoms with Gasteiger partial charge in [-0.15, -0.1) is 0 Å². The molecule has 0 radical (unpaired) electrons. The van der Waals surface area contributed by atoms with Crippen molar-refractivity contribution in [2.75, 3.05) is 51.8 Å². The third kappa shape index (κ3) is 7.79. The van der Waals surface area contributed by atoms with Gasteiger partial charge in [0.1, 0.15) is 23.0 Å². The third-order valence-corrected chi connectivity index (χ3v) is 6.13. The summed E-state index contributed by atoms with van der Waals surface area (Å²) >= 11 is 0. The molecule has 38 heavy (non-hydrogen) atoms. The van der Waals surface area contributed by atoms with Gasteiger partial charge in [-0.1, -0.05) is 0 Å². The maximum absolute atomic E-state index is 12.7. The summed E-state index contributed by atoms with van der Waals surface area (Å²) in [5.74, 6) is 2.25. The van der Waals surface area contributed by atoms with E-state index in [2.05, 4.69) is 10.2 Å². The van der Waals surface area contributed by atoms with Gasteiger partial charge in [-0.25, -0.2) is 4.79 Å². The first-order valence-corrected chi connectivity index (χ1v) is 12.3. The Hall–Kier alpha value is -3.92. The number of benzene rings is 3. The molecular formula is C28H30F3N3O4. The Kier molecular flexibility index (Phi) is 8.96. The molecule has 7 nitrogen and oxygen atoms in total. The second kappa shape index (κ2) is 12.6. The predicted molar refractivity (Wildman–Crippen MR) is 138 cm³/mol. The van der Waals surface area contributed by atoms with Crippen molar-refractivity contribution < 1.29 is 32.2 Å². The Morgan fingerprint density at radius 1 is 0.816 bits per heavy atom. The van der Waals surface area contributed by atoms with Crippen LogP contribution in [0.15, 0.2) is 72.8 Å². The minimum Gasteiger partial charge on any atom is -0.497 e. The molecule has 0 atom stereocenters. The topological polar surface area (TPSA) is 63.3 Å². The summed E-state index contributed by atoms with van der Waals surface area (Å²) in [4.78, 5) is 16.6. The molecule has 1 N–H and O–H groups in total. The van der Waals surface area contributed by atoms with Crippen molar-refractivity contribution in [1.82, 2.24) is 9.80 Å². The molecule has 3 aromatic carbocycles. The van der Waals surface area contributed by atoms with Gasteiger partial charge < -0.3 is 24.4 Å². The number of nitrogens with zero attached hydrogens (tertiary/aromatic N) is 2. The number of methoxy groups -OCH3 is 1. The van der Waals surface area contributed by atoms with Gasteiger partial charge in [0.25, 0.3) is 0 Å². The molecule has 3 aromatic rings. The quantitative estimate of drug-likeness (QED) is 0.338.